The van der Waals surface area contributed by atoms with Crippen molar-refractivity contribution in [3.8, 4) is 0 Å². The summed E-state index contributed by atoms with van der Waals surface area (Å²) in [6.45, 7) is 8.19. The maximum Gasteiger partial charge on any atom is 0.0909 e. The van der Waals surface area contributed by atoms with Crippen molar-refractivity contribution in [1.29, 1.82) is 0 Å². The smallest absolute Gasteiger partial charge is 0.0909 e. The first-order valence-electron chi connectivity index (χ1n) is 7.11. The molecule has 2 unspecified atom stereocenters. The van der Waals surface area contributed by atoms with Crippen molar-refractivity contribution < 1.29 is 4.74 Å². The van der Waals surface area contributed by atoms with Crippen molar-refractivity contribution in [2.75, 3.05) is 26.2 Å². The molecule has 1 aromatic carbocycles. The van der Waals surface area contributed by atoms with Crippen LogP contribution in [0.2, 0.25) is 0 Å². The number of hydrazine groups is 1. The first kappa shape index (κ1) is 14.5. The van der Waals surface area contributed by atoms with Gasteiger partial charge in [0.05, 0.1) is 18.8 Å². The lowest BCUT2D eigenvalue weighted by atomic mass is 9.99. The Bertz CT molecular complexity index is 395. The molecular formula is C15H25N3O. The molecule has 0 bridgehead atoms. The van der Waals surface area contributed by atoms with E-state index < -0.39 is 0 Å². The Morgan fingerprint density at radius 3 is 3.05 bits per heavy atom. The van der Waals surface area contributed by atoms with Gasteiger partial charge in [0.2, 0.25) is 0 Å². The molecule has 1 aromatic rings. The second-order valence-corrected chi connectivity index (χ2v) is 5.27. The van der Waals surface area contributed by atoms with Gasteiger partial charge < -0.3 is 4.74 Å². The fraction of sp³-hybridized carbons (Fsp3) is 0.600. The van der Waals surface area contributed by atoms with Crippen LogP contribution < -0.4 is 11.3 Å². The second-order valence-electron chi connectivity index (χ2n) is 5.27. The Labute approximate surface area is 115 Å². The molecule has 1 fully saturated rings. The fourth-order valence-corrected chi connectivity index (χ4v) is 2.73. The lowest BCUT2D eigenvalue weighted by Crippen LogP contribution is -2.49. The van der Waals surface area contributed by atoms with Gasteiger partial charge in [-0.15, -0.1) is 0 Å². The number of nitrogens with one attached hydrogen (secondary N) is 1. The highest BCUT2D eigenvalue weighted by atomic mass is 16.5. The van der Waals surface area contributed by atoms with Crippen LogP contribution in [0.4, 0.5) is 0 Å². The molecule has 2 atom stereocenters. The molecular weight excluding hydrogens is 238 g/mol. The van der Waals surface area contributed by atoms with E-state index in [2.05, 4.69) is 48.4 Å². The van der Waals surface area contributed by atoms with E-state index in [1.165, 1.54) is 17.5 Å². The van der Waals surface area contributed by atoms with E-state index in [0.717, 1.165) is 26.2 Å². The number of hydrogen-bond acceptors (Lipinski definition) is 4. The van der Waals surface area contributed by atoms with Crippen molar-refractivity contribution in [2.24, 2.45) is 5.84 Å². The zero-order chi connectivity index (χ0) is 13.7. The Hall–Kier alpha value is -0.940. The predicted molar refractivity (Wildman–Crippen MR) is 77.7 cm³/mol. The molecule has 0 aromatic heterocycles. The van der Waals surface area contributed by atoms with E-state index in [4.69, 9.17) is 10.6 Å². The fourth-order valence-electron chi connectivity index (χ4n) is 2.73. The third-order valence-electron chi connectivity index (χ3n) is 3.67. The SMILES string of the molecule is CCCN1CCOC(C(NN)c2cccc(C)c2)C1. The molecule has 2 rings (SSSR count). The first-order chi connectivity index (χ1) is 9.24. The topological polar surface area (TPSA) is 50.5 Å². The van der Waals surface area contributed by atoms with Crippen LogP contribution in [0.5, 0.6) is 0 Å². The average molecular weight is 263 g/mol. The van der Waals surface area contributed by atoms with Gasteiger partial charge in [-0.1, -0.05) is 36.8 Å². The highest BCUT2D eigenvalue weighted by Gasteiger charge is 2.28. The van der Waals surface area contributed by atoms with Crippen molar-refractivity contribution in [3.63, 3.8) is 0 Å². The molecule has 4 heteroatoms. The molecule has 0 radical (unpaired) electrons. The van der Waals surface area contributed by atoms with Crippen LogP contribution in [-0.4, -0.2) is 37.2 Å². The van der Waals surface area contributed by atoms with Gasteiger partial charge in [0.15, 0.2) is 0 Å². The molecule has 0 aliphatic carbocycles. The second kappa shape index (κ2) is 7.01. The lowest BCUT2D eigenvalue weighted by Gasteiger charge is -2.36. The zero-order valence-corrected chi connectivity index (χ0v) is 11.9. The van der Waals surface area contributed by atoms with Gasteiger partial charge in [0.25, 0.3) is 0 Å². The van der Waals surface area contributed by atoms with Crippen molar-refractivity contribution in [2.45, 2.75) is 32.4 Å². The summed E-state index contributed by atoms with van der Waals surface area (Å²) in [5.41, 5.74) is 5.38. The Morgan fingerprint density at radius 1 is 1.53 bits per heavy atom. The van der Waals surface area contributed by atoms with Gasteiger partial charge in [-0.05, 0) is 25.5 Å². The first-order valence-corrected chi connectivity index (χ1v) is 7.11. The van der Waals surface area contributed by atoms with Crippen molar-refractivity contribution in [3.05, 3.63) is 35.4 Å². The molecule has 3 N–H and O–H groups in total. The predicted octanol–water partition coefficient (Wildman–Crippen LogP) is 1.61. The maximum absolute atomic E-state index is 5.92. The lowest BCUT2D eigenvalue weighted by molar-refractivity contribution is -0.0471. The van der Waals surface area contributed by atoms with Crippen LogP contribution >= 0.6 is 0 Å². The maximum atomic E-state index is 5.92. The van der Waals surface area contributed by atoms with Gasteiger partial charge >= 0.3 is 0 Å². The molecule has 19 heavy (non-hydrogen) atoms. The van der Waals surface area contributed by atoms with Gasteiger partial charge in [-0.3, -0.25) is 16.2 Å². The summed E-state index contributed by atoms with van der Waals surface area (Å²) in [5.74, 6) is 5.76. The van der Waals surface area contributed by atoms with Gasteiger partial charge in [-0.2, -0.15) is 0 Å². The van der Waals surface area contributed by atoms with Crippen LogP contribution in [0.15, 0.2) is 24.3 Å². The number of rotatable bonds is 5. The monoisotopic (exact) mass is 263 g/mol. The molecule has 1 aliphatic heterocycles. The third-order valence-corrected chi connectivity index (χ3v) is 3.67. The molecule has 0 saturated carbocycles. The molecule has 0 spiro atoms. The van der Waals surface area contributed by atoms with Gasteiger partial charge in [-0.25, -0.2) is 0 Å². The summed E-state index contributed by atoms with van der Waals surface area (Å²) in [6.07, 6.45) is 1.30. The summed E-state index contributed by atoms with van der Waals surface area (Å²) in [4.78, 5) is 2.45. The van der Waals surface area contributed by atoms with Crippen LogP contribution in [0, 0.1) is 6.92 Å². The van der Waals surface area contributed by atoms with Crippen LogP contribution in [0.1, 0.15) is 30.5 Å². The molecule has 4 nitrogen and oxygen atoms in total. The van der Waals surface area contributed by atoms with Crippen molar-refractivity contribution in [1.82, 2.24) is 10.3 Å². The van der Waals surface area contributed by atoms with E-state index in [9.17, 15) is 0 Å². The Kier molecular flexibility index (Phi) is 5.34. The molecule has 1 heterocycles. The summed E-state index contributed by atoms with van der Waals surface area (Å²) < 4.78 is 5.92. The number of morpholine rings is 1. The van der Waals surface area contributed by atoms with Crippen molar-refractivity contribution >= 4 is 0 Å². The Balaban J connectivity index is 2.08. The van der Waals surface area contributed by atoms with Gasteiger partial charge in [0.1, 0.15) is 0 Å². The quantitative estimate of drug-likeness (QED) is 0.626. The highest BCUT2D eigenvalue weighted by Crippen LogP contribution is 2.22. The largest absolute Gasteiger partial charge is 0.374 e. The number of aryl methyl sites for hydroxylation is 1. The third kappa shape index (κ3) is 3.76. The number of ether oxygens (including phenoxy) is 1. The summed E-state index contributed by atoms with van der Waals surface area (Å²) in [6, 6.07) is 8.51. The standard InChI is InChI=1S/C15H25N3O/c1-3-7-18-8-9-19-14(11-18)15(17-16)13-6-4-5-12(2)10-13/h4-6,10,14-15,17H,3,7-9,11,16H2,1-2H3. The summed E-state index contributed by atoms with van der Waals surface area (Å²) in [7, 11) is 0. The number of hydrogen-bond donors (Lipinski definition) is 2. The van der Waals surface area contributed by atoms with E-state index in [1.54, 1.807) is 0 Å². The minimum atomic E-state index is 0.0551. The summed E-state index contributed by atoms with van der Waals surface area (Å²) >= 11 is 0. The van der Waals surface area contributed by atoms with E-state index in [-0.39, 0.29) is 12.1 Å². The molecule has 1 saturated heterocycles. The minimum Gasteiger partial charge on any atom is -0.374 e. The normalized spacial score (nSPS) is 22.4. The number of benzene rings is 1. The van der Waals surface area contributed by atoms with Gasteiger partial charge in [0, 0.05) is 13.1 Å². The average Bonchev–Trinajstić information content (AvgIpc) is 2.41. The molecule has 0 amide bonds. The minimum absolute atomic E-state index is 0.0551. The van der Waals surface area contributed by atoms with E-state index in [0.29, 0.717) is 0 Å². The highest BCUT2D eigenvalue weighted by molar-refractivity contribution is 5.26. The van der Waals surface area contributed by atoms with Crippen LogP contribution in [-0.2, 0) is 4.74 Å². The van der Waals surface area contributed by atoms with E-state index in [1.807, 2.05) is 0 Å². The molecule has 1 aliphatic rings. The summed E-state index contributed by atoms with van der Waals surface area (Å²) in [5, 5.41) is 0. The Morgan fingerprint density at radius 2 is 2.37 bits per heavy atom. The van der Waals surface area contributed by atoms with Crippen LogP contribution in [0.25, 0.3) is 0 Å². The van der Waals surface area contributed by atoms with Crippen LogP contribution in [0.3, 0.4) is 0 Å². The number of nitrogens with zero attached hydrogens (tertiary/aromatic N) is 1. The number of nitrogens with two attached hydrogens (primary N) is 1. The van der Waals surface area contributed by atoms with E-state index >= 15 is 0 Å². The zero-order valence-electron chi connectivity index (χ0n) is 11.9. The molecule has 106 valence electrons.